The zero-order chi connectivity index (χ0) is 15.9. The van der Waals surface area contributed by atoms with E-state index in [0.717, 1.165) is 21.3 Å². The first-order valence-electron chi connectivity index (χ1n) is 6.92. The van der Waals surface area contributed by atoms with Gasteiger partial charge in [-0.05, 0) is 41.8 Å². The van der Waals surface area contributed by atoms with Crippen molar-refractivity contribution in [1.29, 1.82) is 0 Å². The molecule has 3 nitrogen and oxygen atoms in total. The van der Waals surface area contributed by atoms with Crippen LogP contribution in [0.4, 0.5) is 0 Å². The molecule has 1 N–H and O–H groups in total. The number of hydrogen-bond acceptors (Lipinski definition) is 2. The van der Waals surface area contributed by atoms with Crippen molar-refractivity contribution in [3.63, 3.8) is 0 Å². The third-order valence-electron chi connectivity index (χ3n) is 3.29. The first-order valence-corrected chi connectivity index (χ1v) is 8.09. The SMILES string of the molecule is COc1ccc(CCC(=O)NCc2ccc(Br)cc2Cl)cc1. The molecule has 0 heterocycles. The van der Waals surface area contributed by atoms with E-state index in [9.17, 15) is 4.79 Å². The molecule has 1 amide bonds. The second-order valence-corrected chi connectivity index (χ2v) is 6.18. The Morgan fingerprint density at radius 1 is 1.23 bits per heavy atom. The zero-order valence-electron chi connectivity index (χ0n) is 12.2. The third kappa shape index (κ3) is 5.04. The van der Waals surface area contributed by atoms with Gasteiger partial charge in [-0.2, -0.15) is 0 Å². The first-order chi connectivity index (χ1) is 10.6. The summed E-state index contributed by atoms with van der Waals surface area (Å²) in [4.78, 5) is 11.9. The topological polar surface area (TPSA) is 38.3 Å². The number of benzene rings is 2. The number of carbonyl (C=O) groups excluding carboxylic acids is 1. The van der Waals surface area contributed by atoms with Crippen molar-refractivity contribution in [1.82, 2.24) is 5.32 Å². The molecule has 0 aromatic heterocycles. The molecule has 0 fully saturated rings. The number of nitrogens with one attached hydrogen (secondary N) is 1. The van der Waals surface area contributed by atoms with Crippen LogP contribution in [0.25, 0.3) is 0 Å². The predicted octanol–water partition coefficient (Wildman–Crippen LogP) is 4.36. The Bertz CT molecular complexity index is 644. The van der Waals surface area contributed by atoms with Gasteiger partial charge in [-0.25, -0.2) is 0 Å². The van der Waals surface area contributed by atoms with Gasteiger partial charge in [-0.15, -0.1) is 0 Å². The van der Waals surface area contributed by atoms with E-state index < -0.39 is 0 Å². The molecule has 22 heavy (non-hydrogen) atoms. The van der Waals surface area contributed by atoms with Gasteiger partial charge in [0.2, 0.25) is 5.91 Å². The van der Waals surface area contributed by atoms with E-state index in [1.54, 1.807) is 7.11 Å². The number of amides is 1. The number of methoxy groups -OCH3 is 1. The van der Waals surface area contributed by atoms with Gasteiger partial charge in [-0.1, -0.05) is 45.7 Å². The lowest BCUT2D eigenvalue weighted by Crippen LogP contribution is -2.23. The van der Waals surface area contributed by atoms with Crippen LogP contribution < -0.4 is 10.1 Å². The van der Waals surface area contributed by atoms with Crippen molar-refractivity contribution < 1.29 is 9.53 Å². The van der Waals surface area contributed by atoms with Crippen molar-refractivity contribution >= 4 is 33.4 Å². The maximum absolute atomic E-state index is 11.9. The molecule has 0 saturated carbocycles. The highest BCUT2D eigenvalue weighted by Gasteiger charge is 2.05. The van der Waals surface area contributed by atoms with Crippen molar-refractivity contribution in [2.24, 2.45) is 0 Å². The monoisotopic (exact) mass is 381 g/mol. The largest absolute Gasteiger partial charge is 0.497 e. The van der Waals surface area contributed by atoms with Crippen LogP contribution in [0.5, 0.6) is 5.75 Å². The Labute approximate surface area is 143 Å². The lowest BCUT2D eigenvalue weighted by Gasteiger charge is -2.08. The maximum Gasteiger partial charge on any atom is 0.220 e. The van der Waals surface area contributed by atoms with E-state index in [0.29, 0.717) is 24.4 Å². The molecule has 0 saturated heterocycles. The number of rotatable bonds is 6. The summed E-state index contributed by atoms with van der Waals surface area (Å²) >= 11 is 9.48. The summed E-state index contributed by atoms with van der Waals surface area (Å²) in [7, 11) is 1.63. The fourth-order valence-corrected chi connectivity index (χ4v) is 2.74. The summed E-state index contributed by atoms with van der Waals surface area (Å²) in [6.07, 6.45) is 1.14. The second kappa shape index (κ2) is 8.20. The summed E-state index contributed by atoms with van der Waals surface area (Å²) in [6.45, 7) is 0.438. The molecular formula is C17H17BrClNO2. The summed E-state index contributed by atoms with van der Waals surface area (Å²) in [5, 5.41) is 3.53. The average Bonchev–Trinajstić information content (AvgIpc) is 2.52. The van der Waals surface area contributed by atoms with E-state index >= 15 is 0 Å². The summed E-state index contributed by atoms with van der Waals surface area (Å²) in [6, 6.07) is 13.4. The van der Waals surface area contributed by atoms with E-state index in [4.69, 9.17) is 16.3 Å². The van der Waals surface area contributed by atoms with Gasteiger partial charge >= 0.3 is 0 Å². The molecular weight excluding hydrogens is 366 g/mol. The number of hydrogen-bond donors (Lipinski definition) is 1. The summed E-state index contributed by atoms with van der Waals surface area (Å²) in [5.41, 5.74) is 2.01. The molecule has 0 aliphatic heterocycles. The van der Waals surface area contributed by atoms with Crippen LogP contribution in [0, 0.1) is 0 Å². The first kappa shape index (κ1) is 16.8. The van der Waals surface area contributed by atoms with E-state index in [-0.39, 0.29) is 5.91 Å². The highest BCUT2D eigenvalue weighted by Crippen LogP contribution is 2.21. The molecule has 5 heteroatoms. The van der Waals surface area contributed by atoms with Crippen LogP contribution >= 0.6 is 27.5 Å². The van der Waals surface area contributed by atoms with Crippen molar-refractivity contribution in [2.75, 3.05) is 7.11 Å². The van der Waals surface area contributed by atoms with Crippen LogP contribution in [0.15, 0.2) is 46.9 Å². The van der Waals surface area contributed by atoms with Crippen molar-refractivity contribution in [3.05, 3.63) is 63.1 Å². The van der Waals surface area contributed by atoms with Gasteiger partial charge in [-0.3, -0.25) is 4.79 Å². The third-order valence-corrected chi connectivity index (χ3v) is 4.14. The van der Waals surface area contributed by atoms with E-state index in [2.05, 4.69) is 21.2 Å². The molecule has 0 unspecified atom stereocenters. The lowest BCUT2D eigenvalue weighted by molar-refractivity contribution is -0.121. The van der Waals surface area contributed by atoms with E-state index in [1.807, 2.05) is 42.5 Å². The molecule has 0 atom stereocenters. The fourth-order valence-electron chi connectivity index (χ4n) is 2.00. The van der Waals surface area contributed by atoms with E-state index in [1.165, 1.54) is 0 Å². The van der Waals surface area contributed by atoms with Crippen LogP contribution in [0.1, 0.15) is 17.5 Å². The Balaban J connectivity index is 1.80. The molecule has 0 spiro atoms. The highest BCUT2D eigenvalue weighted by molar-refractivity contribution is 9.10. The predicted molar refractivity (Wildman–Crippen MR) is 92.3 cm³/mol. The molecule has 2 aromatic carbocycles. The number of halogens is 2. The van der Waals surface area contributed by atoms with Crippen LogP contribution in [0.2, 0.25) is 5.02 Å². The van der Waals surface area contributed by atoms with Gasteiger partial charge in [0.1, 0.15) is 5.75 Å². The second-order valence-electron chi connectivity index (χ2n) is 4.86. The maximum atomic E-state index is 11.9. The van der Waals surface area contributed by atoms with Gasteiger partial charge in [0.15, 0.2) is 0 Å². The summed E-state index contributed by atoms with van der Waals surface area (Å²) in [5.74, 6) is 0.827. The van der Waals surface area contributed by atoms with Crippen LogP contribution in [0.3, 0.4) is 0 Å². The zero-order valence-corrected chi connectivity index (χ0v) is 14.6. The van der Waals surface area contributed by atoms with Gasteiger partial charge in [0.05, 0.1) is 7.11 Å². The van der Waals surface area contributed by atoms with Gasteiger partial charge < -0.3 is 10.1 Å². The smallest absolute Gasteiger partial charge is 0.220 e. The van der Waals surface area contributed by atoms with Crippen molar-refractivity contribution in [2.45, 2.75) is 19.4 Å². The van der Waals surface area contributed by atoms with Gasteiger partial charge in [0.25, 0.3) is 0 Å². The minimum atomic E-state index is 0.00908. The molecule has 2 aromatic rings. The number of aryl methyl sites for hydroxylation is 1. The van der Waals surface area contributed by atoms with Crippen LogP contribution in [-0.2, 0) is 17.8 Å². The number of carbonyl (C=O) groups is 1. The Morgan fingerprint density at radius 3 is 2.59 bits per heavy atom. The van der Waals surface area contributed by atoms with Gasteiger partial charge in [0, 0.05) is 22.5 Å². The molecule has 2 rings (SSSR count). The standard InChI is InChI=1S/C17H17BrClNO2/c1-22-15-7-2-12(3-8-15)4-9-17(21)20-11-13-5-6-14(18)10-16(13)19/h2-3,5-8,10H,4,9,11H2,1H3,(H,20,21). The Hall–Kier alpha value is -1.52. The fraction of sp³-hybridized carbons (Fsp3) is 0.235. The Kier molecular flexibility index (Phi) is 6.28. The lowest BCUT2D eigenvalue weighted by atomic mass is 10.1. The normalized spacial score (nSPS) is 10.3. The molecule has 116 valence electrons. The minimum absolute atomic E-state index is 0.00908. The minimum Gasteiger partial charge on any atom is -0.497 e. The molecule has 0 bridgehead atoms. The molecule has 0 aliphatic carbocycles. The molecule has 0 aliphatic rings. The van der Waals surface area contributed by atoms with Crippen LogP contribution in [-0.4, -0.2) is 13.0 Å². The molecule has 0 radical (unpaired) electrons. The van der Waals surface area contributed by atoms with Crippen molar-refractivity contribution in [3.8, 4) is 5.75 Å². The quantitative estimate of drug-likeness (QED) is 0.806. The Morgan fingerprint density at radius 2 is 1.95 bits per heavy atom. The highest BCUT2D eigenvalue weighted by atomic mass is 79.9. The average molecular weight is 383 g/mol. The summed E-state index contributed by atoms with van der Waals surface area (Å²) < 4.78 is 6.03. The number of ether oxygens (including phenoxy) is 1.